The quantitative estimate of drug-likeness (QED) is 0.157. The van der Waals surface area contributed by atoms with Gasteiger partial charge < -0.3 is 9.47 Å². The molecule has 0 amide bonds. The lowest BCUT2D eigenvalue weighted by atomic mass is 9.81. The van der Waals surface area contributed by atoms with Crippen LogP contribution in [0.4, 0.5) is 17.1 Å². The molecule has 66 heavy (non-hydrogen) atoms. The molecule has 12 aromatic rings. The number of para-hydroxylation sites is 1. The van der Waals surface area contributed by atoms with Crippen molar-refractivity contribution in [3.05, 3.63) is 229 Å². The first kappa shape index (κ1) is 37.4. The Labute approximate surface area is 385 Å². The average Bonchev–Trinajstić information content (AvgIpc) is 3.89. The van der Waals surface area contributed by atoms with Crippen LogP contribution in [0.1, 0.15) is 49.9 Å². The minimum Gasteiger partial charge on any atom is -0.310 e. The minimum atomic E-state index is -0.205. The van der Waals surface area contributed by atoms with Gasteiger partial charge in [0.25, 0.3) is 0 Å². The molecule has 0 bridgehead atoms. The number of hydrogen-bond donors (Lipinski definition) is 0. The first-order chi connectivity index (χ1) is 32.2. The van der Waals surface area contributed by atoms with Gasteiger partial charge in [-0.05, 0) is 155 Å². The van der Waals surface area contributed by atoms with Crippen LogP contribution in [0.2, 0.25) is 0 Å². The van der Waals surface area contributed by atoms with Crippen LogP contribution in [-0.4, -0.2) is 4.57 Å². The number of fused-ring (bicyclic) bond motifs is 10. The lowest BCUT2D eigenvalue weighted by Gasteiger charge is -2.30. The molecule has 312 valence electrons. The molecule has 0 fully saturated rings. The fourth-order valence-electron chi connectivity index (χ4n) is 12.3. The SMILES string of the molecule is CC1(C)c2ccccc2-c2ccc(N(c3ccc4c(c3)C(C)(C)c3cc(-c5ccccc5)ccc3-4)c3ccc4c(c3)c3c5ccc6cccc7ccc(cc3n4-c3ccccc3)c5c76)cc21. The summed E-state index contributed by atoms with van der Waals surface area (Å²) in [5, 5.41) is 10.3. The summed E-state index contributed by atoms with van der Waals surface area (Å²) in [5.41, 5.74) is 19.9. The molecule has 0 aliphatic heterocycles. The summed E-state index contributed by atoms with van der Waals surface area (Å²) >= 11 is 0. The summed E-state index contributed by atoms with van der Waals surface area (Å²) in [5.74, 6) is 0. The number of benzene rings is 11. The Hall–Kier alpha value is -7.94. The van der Waals surface area contributed by atoms with Crippen molar-refractivity contribution in [1.82, 2.24) is 4.57 Å². The van der Waals surface area contributed by atoms with Gasteiger partial charge in [0, 0.05) is 44.4 Å². The van der Waals surface area contributed by atoms with E-state index in [1.807, 2.05) is 0 Å². The van der Waals surface area contributed by atoms with Crippen molar-refractivity contribution in [2.75, 3.05) is 4.90 Å². The molecule has 2 nitrogen and oxygen atoms in total. The first-order valence-electron chi connectivity index (χ1n) is 23.3. The van der Waals surface area contributed by atoms with Gasteiger partial charge in [0.1, 0.15) is 0 Å². The number of nitrogens with zero attached hydrogens (tertiary/aromatic N) is 2. The number of hydrogen-bond acceptors (Lipinski definition) is 1. The van der Waals surface area contributed by atoms with Crippen molar-refractivity contribution in [2.24, 2.45) is 0 Å². The van der Waals surface area contributed by atoms with Crippen LogP contribution in [0.25, 0.3) is 93.2 Å². The van der Waals surface area contributed by atoms with Gasteiger partial charge in [-0.2, -0.15) is 0 Å². The zero-order valence-corrected chi connectivity index (χ0v) is 37.5. The second-order valence-corrected chi connectivity index (χ2v) is 19.7. The maximum absolute atomic E-state index is 2.52. The zero-order chi connectivity index (χ0) is 44.1. The summed E-state index contributed by atoms with van der Waals surface area (Å²) < 4.78 is 2.47. The van der Waals surface area contributed by atoms with E-state index in [9.17, 15) is 0 Å². The second-order valence-electron chi connectivity index (χ2n) is 19.7. The van der Waals surface area contributed by atoms with Crippen LogP contribution in [-0.2, 0) is 10.8 Å². The highest BCUT2D eigenvalue weighted by Crippen LogP contribution is 2.54. The van der Waals surface area contributed by atoms with Crippen molar-refractivity contribution in [1.29, 1.82) is 0 Å². The van der Waals surface area contributed by atoms with E-state index in [-0.39, 0.29) is 10.8 Å². The molecule has 1 heterocycles. The molecular formula is C64H46N2. The van der Waals surface area contributed by atoms with E-state index in [0.717, 1.165) is 22.7 Å². The fourth-order valence-corrected chi connectivity index (χ4v) is 12.3. The van der Waals surface area contributed by atoms with Gasteiger partial charge in [-0.15, -0.1) is 0 Å². The van der Waals surface area contributed by atoms with Gasteiger partial charge in [0.05, 0.1) is 11.0 Å². The molecule has 2 aliphatic carbocycles. The van der Waals surface area contributed by atoms with Gasteiger partial charge >= 0.3 is 0 Å². The summed E-state index contributed by atoms with van der Waals surface area (Å²) in [7, 11) is 0. The lowest BCUT2D eigenvalue weighted by Crippen LogP contribution is -2.18. The molecular weight excluding hydrogens is 797 g/mol. The highest BCUT2D eigenvalue weighted by atomic mass is 15.1. The van der Waals surface area contributed by atoms with Crippen molar-refractivity contribution in [2.45, 2.75) is 38.5 Å². The molecule has 0 radical (unpaired) electrons. The van der Waals surface area contributed by atoms with Gasteiger partial charge in [-0.25, -0.2) is 0 Å². The molecule has 0 N–H and O–H groups in total. The Bertz CT molecular complexity index is 3970. The topological polar surface area (TPSA) is 8.17 Å². The number of aromatic nitrogens is 1. The van der Waals surface area contributed by atoms with E-state index in [2.05, 4.69) is 243 Å². The van der Waals surface area contributed by atoms with Crippen molar-refractivity contribution in [3.63, 3.8) is 0 Å². The van der Waals surface area contributed by atoms with Gasteiger partial charge in [0.2, 0.25) is 0 Å². The van der Waals surface area contributed by atoms with Crippen LogP contribution in [0.3, 0.4) is 0 Å². The second kappa shape index (κ2) is 13.3. The Balaban J connectivity index is 1.02. The third-order valence-electron chi connectivity index (χ3n) is 15.5. The summed E-state index contributed by atoms with van der Waals surface area (Å²) in [6.45, 7) is 9.57. The minimum absolute atomic E-state index is 0.142. The first-order valence-corrected chi connectivity index (χ1v) is 23.3. The van der Waals surface area contributed by atoms with Crippen LogP contribution in [0, 0.1) is 0 Å². The van der Waals surface area contributed by atoms with E-state index in [4.69, 9.17) is 0 Å². The van der Waals surface area contributed by atoms with Crippen molar-refractivity contribution >= 4 is 71.2 Å². The van der Waals surface area contributed by atoms with E-state index >= 15 is 0 Å². The fraction of sp³-hybridized carbons (Fsp3) is 0.0938. The molecule has 2 aliphatic rings. The maximum Gasteiger partial charge on any atom is 0.0553 e. The molecule has 14 rings (SSSR count). The standard InChI is InChI=1S/C64H46N2/c1-63(2)54-21-12-11-20-48(54)50-31-26-46(37-56(50)63)65(47-27-32-51-49-29-25-42(39-14-7-5-8-15-39)34-55(49)64(3,4)57(51)38-47)45-28-33-58-53(36-45)62-52-30-24-41-17-13-16-40-22-23-43(61(52)60(40)41)35-59(62)66(58)44-18-9-6-10-19-44/h5-38H,1-4H3. The normalized spacial score (nSPS) is 14.3. The molecule has 1 aromatic heterocycles. The van der Waals surface area contributed by atoms with Crippen molar-refractivity contribution < 1.29 is 0 Å². The smallest absolute Gasteiger partial charge is 0.0553 e. The predicted octanol–water partition coefficient (Wildman–Crippen LogP) is 17.4. The van der Waals surface area contributed by atoms with E-state index in [0.29, 0.717) is 0 Å². The van der Waals surface area contributed by atoms with Gasteiger partial charge in [-0.3, -0.25) is 0 Å². The van der Waals surface area contributed by atoms with Crippen LogP contribution < -0.4 is 4.90 Å². The molecule has 11 aromatic carbocycles. The Morgan fingerprint density at radius 1 is 0.333 bits per heavy atom. The summed E-state index contributed by atoms with van der Waals surface area (Å²) in [4.78, 5) is 2.52. The Kier molecular flexibility index (Phi) is 7.55. The predicted molar refractivity (Wildman–Crippen MR) is 280 cm³/mol. The van der Waals surface area contributed by atoms with Crippen LogP contribution in [0.5, 0.6) is 0 Å². The molecule has 0 atom stereocenters. The molecule has 2 heteroatoms. The van der Waals surface area contributed by atoms with E-state index in [1.165, 1.54) is 110 Å². The highest BCUT2D eigenvalue weighted by Gasteiger charge is 2.38. The average molecular weight is 843 g/mol. The van der Waals surface area contributed by atoms with Gasteiger partial charge in [0.15, 0.2) is 0 Å². The van der Waals surface area contributed by atoms with E-state index in [1.54, 1.807) is 0 Å². The lowest BCUT2D eigenvalue weighted by molar-refractivity contribution is 0.660. The largest absolute Gasteiger partial charge is 0.310 e. The maximum atomic E-state index is 2.52. The Morgan fingerprint density at radius 2 is 0.894 bits per heavy atom. The Morgan fingerprint density at radius 3 is 1.62 bits per heavy atom. The van der Waals surface area contributed by atoms with Gasteiger partial charge in [-0.1, -0.05) is 167 Å². The third-order valence-corrected chi connectivity index (χ3v) is 15.5. The zero-order valence-electron chi connectivity index (χ0n) is 37.5. The van der Waals surface area contributed by atoms with Crippen LogP contribution in [0.15, 0.2) is 206 Å². The van der Waals surface area contributed by atoms with Crippen molar-refractivity contribution in [3.8, 4) is 39.1 Å². The highest BCUT2D eigenvalue weighted by molar-refractivity contribution is 6.33. The number of anilines is 3. The van der Waals surface area contributed by atoms with Crippen LogP contribution >= 0.6 is 0 Å². The molecule has 0 spiro atoms. The third kappa shape index (κ3) is 5.07. The number of rotatable bonds is 5. The molecule has 0 saturated heterocycles. The summed E-state index contributed by atoms with van der Waals surface area (Å²) in [6, 6.07) is 77.7. The molecule has 0 saturated carbocycles. The summed E-state index contributed by atoms with van der Waals surface area (Å²) in [6.07, 6.45) is 0. The molecule has 0 unspecified atom stereocenters. The van der Waals surface area contributed by atoms with E-state index < -0.39 is 0 Å². The monoisotopic (exact) mass is 842 g/mol.